The summed E-state index contributed by atoms with van der Waals surface area (Å²) >= 11 is 0. The van der Waals surface area contributed by atoms with E-state index < -0.39 is 10.0 Å². The van der Waals surface area contributed by atoms with Gasteiger partial charge >= 0.3 is 0 Å². The molecular formula is C15H24N2O3S. The number of hydrogen-bond acceptors (Lipinski definition) is 4. The van der Waals surface area contributed by atoms with E-state index in [2.05, 4.69) is 11.6 Å². The van der Waals surface area contributed by atoms with Gasteiger partial charge in [0, 0.05) is 13.1 Å². The van der Waals surface area contributed by atoms with Crippen LogP contribution in [0.2, 0.25) is 0 Å². The second-order valence-corrected chi connectivity index (χ2v) is 7.31. The van der Waals surface area contributed by atoms with E-state index in [1.165, 1.54) is 0 Å². The van der Waals surface area contributed by atoms with Gasteiger partial charge < -0.3 is 10.0 Å². The topological polar surface area (TPSA) is 69.6 Å². The average molecular weight is 312 g/mol. The highest BCUT2D eigenvalue weighted by Gasteiger charge is 2.33. The van der Waals surface area contributed by atoms with E-state index in [9.17, 15) is 13.5 Å². The third-order valence-electron chi connectivity index (χ3n) is 4.08. The number of nitrogens with one attached hydrogen (secondary N) is 1. The maximum atomic E-state index is 12.4. The lowest BCUT2D eigenvalue weighted by molar-refractivity contribution is 0.244. The molecule has 1 heterocycles. The van der Waals surface area contributed by atoms with E-state index in [0.717, 1.165) is 19.4 Å². The molecule has 0 saturated carbocycles. The smallest absolute Gasteiger partial charge is 0.242 e. The summed E-state index contributed by atoms with van der Waals surface area (Å²) in [6.45, 7) is 5.26. The Hall–Kier alpha value is -1.11. The number of rotatable bonds is 6. The van der Waals surface area contributed by atoms with Crippen LogP contribution in [0.5, 0.6) is 0 Å². The molecule has 1 aromatic carbocycles. The molecule has 0 bridgehead atoms. The fraction of sp³-hybridized carbons (Fsp3) is 0.600. The lowest BCUT2D eigenvalue weighted by Gasteiger charge is -2.29. The van der Waals surface area contributed by atoms with Gasteiger partial charge in [0.2, 0.25) is 10.0 Å². The van der Waals surface area contributed by atoms with Crippen molar-refractivity contribution in [1.29, 1.82) is 0 Å². The van der Waals surface area contributed by atoms with Crippen LogP contribution in [-0.4, -0.2) is 39.3 Å². The van der Waals surface area contributed by atoms with Crippen molar-refractivity contribution >= 4 is 15.7 Å². The summed E-state index contributed by atoms with van der Waals surface area (Å²) in [5.41, 5.74) is 0.685. The van der Waals surface area contributed by atoms with Crippen molar-refractivity contribution in [3.8, 4) is 0 Å². The predicted molar refractivity (Wildman–Crippen MR) is 83.9 cm³/mol. The van der Waals surface area contributed by atoms with Gasteiger partial charge in [0.1, 0.15) is 4.90 Å². The molecule has 1 aliphatic rings. The number of sulfonamides is 1. The molecule has 2 rings (SSSR count). The third-order valence-corrected chi connectivity index (χ3v) is 5.58. The number of aliphatic hydroxyl groups is 1. The average Bonchev–Trinajstić information content (AvgIpc) is 2.86. The second kappa shape index (κ2) is 6.77. The zero-order chi connectivity index (χ0) is 15.5. The fourth-order valence-electron chi connectivity index (χ4n) is 2.82. The van der Waals surface area contributed by atoms with Crippen LogP contribution in [0.3, 0.4) is 0 Å². The second-order valence-electron chi connectivity index (χ2n) is 5.57. The molecule has 1 aromatic rings. The largest absolute Gasteiger partial charge is 0.394 e. The van der Waals surface area contributed by atoms with Crippen molar-refractivity contribution in [2.24, 2.45) is 5.92 Å². The van der Waals surface area contributed by atoms with E-state index >= 15 is 0 Å². The van der Waals surface area contributed by atoms with Crippen LogP contribution < -0.4 is 9.62 Å². The minimum Gasteiger partial charge on any atom is -0.394 e. The Kier molecular flexibility index (Phi) is 5.24. The lowest BCUT2D eigenvalue weighted by Crippen LogP contribution is -2.37. The van der Waals surface area contributed by atoms with Gasteiger partial charge in [-0.15, -0.1) is 0 Å². The van der Waals surface area contributed by atoms with Crippen molar-refractivity contribution < 1.29 is 13.5 Å². The number of anilines is 1. The molecule has 1 saturated heterocycles. The molecule has 0 radical (unpaired) electrons. The van der Waals surface area contributed by atoms with Crippen molar-refractivity contribution in [1.82, 2.24) is 4.72 Å². The molecule has 2 unspecified atom stereocenters. The highest BCUT2D eigenvalue weighted by molar-refractivity contribution is 7.89. The third kappa shape index (κ3) is 3.39. The summed E-state index contributed by atoms with van der Waals surface area (Å²) in [5, 5.41) is 9.60. The van der Waals surface area contributed by atoms with Crippen molar-refractivity contribution in [2.75, 3.05) is 24.6 Å². The molecule has 0 aromatic heterocycles. The Morgan fingerprint density at radius 2 is 2.10 bits per heavy atom. The summed E-state index contributed by atoms with van der Waals surface area (Å²) in [7, 11) is -3.51. The molecular weight excluding hydrogens is 288 g/mol. The summed E-state index contributed by atoms with van der Waals surface area (Å²) in [6.07, 6.45) is 1.71. The Labute approximate surface area is 127 Å². The summed E-state index contributed by atoms with van der Waals surface area (Å²) in [5.74, 6) is 0.356. The van der Waals surface area contributed by atoms with Crippen LogP contribution in [0, 0.1) is 5.92 Å². The van der Waals surface area contributed by atoms with Gasteiger partial charge in [0.15, 0.2) is 0 Å². The molecule has 118 valence electrons. The van der Waals surface area contributed by atoms with Crippen LogP contribution in [0.1, 0.15) is 26.7 Å². The van der Waals surface area contributed by atoms with Crippen LogP contribution >= 0.6 is 0 Å². The maximum absolute atomic E-state index is 12.4. The Balaban J connectivity index is 2.38. The molecule has 0 aliphatic carbocycles. The van der Waals surface area contributed by atoms with Crippen LogP contribution in [-0.2, 0) is 10.0 Å². The van der Waals surface area contributed by atoms with Crippen molar-refractivity contribution in [3.63, 3.8) is 0 Å². The number of para-hydroxylation sites is 1. The zero-order valence-electron chi connectivity index (χ0n) is 12.6. The van der Waals surface area contributed by atoms with Crippen molar-refractivity contribution in [2.45, 2.75) is 37.6 Å². The normalized spacial score (nSPS) is 22.7. The minimum absolute atomic E-state index is 0.0208. The highest BCUT2D eigenvalue weighted by atomic mass is 32.2. The van der Waals surface area contributed by atoms with Crippen molar-refractivity contribution in [3.05, 3.63) is 24.3 Å². The Morgan fingerprint density at radius 3 is 2.76 bits per heavy atom. The van der Waals surface area contributed by atoms with E-state index in [1.807, 2.05) is 24.0 Å². The molecule has 2 N–H and O–H groups in total. The predicted octanol–water partition coefficient (Wildman–Crippen LogP) is 1.58. The molecule has 0 amide bonds. The molecule has 21 heavy (non-hydrogen) atoms. The number of benzene rings is 1. The van der Waals surface area contributed by atoms with Gasteiger partial charge in [0.05, 0.1) is 18.3 Å². The molecule has 6 heteroatoms. The minimum atomic E-state index is -3.51. The van der Waals surface area contributed by atoms with Gasteiger partial charge in [-0.2, -0.15) is 0 Å². The first-order valence-electron chi connectivity index (χ1n) is 7.47. The SMILES string of the molecule is CCCNS(=O)(=O)c1ccccc1N1CCC(C)C1CO. The van der Waals surface area contributed by atoms with E-state index in [0.29, 0.717) is 23.0 Å². The maximum Gasteiger partial charge on any atom is 0.242 e. The Morgan fingerprint density at radius 1 is 1.38 bits per heavy atom. The molecule has 1 aliphatic heterocycles. The first-order valence-corrected chi connectivity index (χ1v) is 8.95. The summed E-state index contributed by atoms with van der Waals surface area (Å²) < 4.78 is 27.5. The van der Waals surface area contributed by atoms with Gasteiger partial charge in [-0.1, -0.05) is 26.0 Å². The van der Waals surface area contributed by atoms with E-state index in [-0.39, 0.29) is 12.6 Å². The first-order chi connectivity index (χ1) is 10.0. The summed E-state index contributed by atoms with van der Waals surface area (Å²) in [6, 6.07) is 7.00. The van der Waals surface area contributed by atoms with Crippen LogP contribution in [0.25, 0.3) is 0 Å². The lowest BCUT2D eigenvalue weighted by atomic mass is 10.0. The van der Waals surface area contributed by atoms with E-state index in [1.54, 1.807) is 12.1 Å². The monoisotopic (exact) mass is 312 g/mol. The standard InChI is InChI=1S/C15H24N2O3S/c1-3-9-16-21(19,20)15-7-5-4-6-13(15)17-10-8-12(2)14(17)11-18/h4-7,12,14,16,18H,3,8-11H2,1-2H3. The van der Waals surface area contributed by atoms with Gasteiger partial charge in [-0.05, 0) is 30.9 Å². The number of nitrogens with zero attached hydrogens (tertiary/aromatic N) is 1. The number of aliphatic hydroxyl groups excluding tert-OH is 1. The van der Waals surface area contributed by atoms with E-state index in [4.69, 9.17) is 0 Å². The Bertz CT molecular complexity index is 574. The van der Waals surface area contributed by atoms with Gasteiger partial charge in [-0.3, -0.25) is 0 Å². The summed E-state index contributed by atoms with van der Waals surface area (Å²) in [4.78, 5) is 2.32. The first kappa shape index (κ1) is 16.3. The fourth-order valence-corrected chi connectivity index (χ4v) is 4.17. The molecule has 1 fully saturated rings. The zero-order valence-corrected chi connectivity index (χ0v) is 13.4. The van der Waals surface area contributed by atoms with Gasteiger partial charge in [0.25, 0.3) is 0 Å². The van der Waals surface area contributed by atoms with Gasteiger partial charge in [-0.25, -0.2) is 13.1 Å². The molecule has 0 spiro atoms. The molecule has 2 atom stereocenters. The molecule has 5 nitrogen and oxygen atoms in total. The highest BCUT2D eigenvalue weighted by Crippen LogP contribution is 2.33. The number of hydrogen-bond donors (Lipinski definition) is 2. The quantitative estimate of drug-likeness (QED) is 0.837. The van der Waals surface area contributed by atoms with Crippen LogP contribution in [0.15, 0.2) is 29.2 Å². The van der Waals surface area contributed by atoms with Crippen LogP contribution in [0.4, 0.5) is 5.69 Å².